The molecule has 2 heterocycles. The van der Waals surface area contributed by atoms with Crippen LogP contribution in [-0.4, -0.2) is 22.0 Å². The van der Waals surface area contributed by atoms with E-state index in [1.165, 1.54) is 0 Å². The summed E-state index contributed by atoms with van der Waals surface area (Å²) in [6, 6.07) is 3.72. The second-order valence-corrected chi connectivity index (χ2v) is 3.33. The normalized spacial score (nSPS) is 10.2. The number of nitrogens with zero attached hydrogens (tertiary/aromatic N) is 3. The van der Waals surface area contributed by atoms with Crippen molar-refractivity contribution in [3.05, 3.63) is 36.0 Å². The van der Waals surface area contributed by atoms with E-state index in [0.29, 0.717) is 5.82 Å². The maximum atomic E-state index is 13.1. The van der Waals surface area contributed by atoms with Crippen LogP contribution in [0.2, 0.25) is 0 Å². The van der Waals surface area contributed by atoms with Crippen molar-refractivity contribution in [3.63, 3.8) is 0 Å². The third-order valence-electron chi connectivity index (χ3n) is 2.15. The predicted molar refractivity (Wildman–Crippen MR) is 59.5 cm³/mol. The van der Waals surface area contributed by atoms with Gasteiger partial charge in [0.25, 0.3) is 0 Å². The van der Waals surface area contributed by atoms with E-state index in [-0.39, 0.29) is 5.82 Å². The van der Waals surface area contributed by atoms with Crippen LogP contribution in [0.4, 0.5) is 10.2 Å². The van der Waals surface area contributed by atoms with Crippen LogP contribution in [0.25, 0.3) is 11.4 Å². The van der Waals surface area contributed by atoms with Crippen LogP contribution in [0, 0.1) is 12.7 Å². The molecule has 0 amide bonds. The second kappa shape index (κ2) is 4.22. The Morgan fingerprint density at radius 1 is 1.19 bits per heavy atom. The monoisotopic (exact) mass is 218 g/mol. The van der Waals surface area contributed by atoms with Crippen LogP contribution in [-0.2, 0) is 0 Å². The molecule has 0 unspecified atom stereocenters. The summed E-state index contributed by atoms with van der Waals surface area (Å²) in [7, 11) is 1.61. The van der Waals surface area contributed by atoms with Crippen molar-refractivity contribution >= 4 is 5.82 Å². The van der Waals surface area contributed by atoms with E-state index in [4.69, 9.17) is 0 Å². The Morgan fingerprint density at radius 3 is 2.62 bits per heavy atom. The highest BCUT2D eigenvalue weighted by Gasteiger charge is 2.06. The summed E-state index contributed by atoms with van der Waals surface area (Å²) in [5.41, 5.74) is 1.68. The third-order valence-corrected chi connectivity index (χ3v) is 2.15. The van der Waals surface area contributed by atoms with Gasteiger partial charge in [0, 0.05) is 24.5 Å². The van der Waals surface area contributed by atoms with Crippen molar-refractivity contribution in [1.82, 2.24) is 15.0 Å². The first kappa shape index (κ1) is 10.5. The minimum absolute atomic E-state index is 0.186. The van der Waals surface area contributed by atoms with E-state index in [1.807, 2.05) is 19.1 Å². The average molecular weight is 218 g/mol. The topological polar surface area (TPSA) is 50.7 Å². The molecule has 1 N–H and O–H groups in total. The molecule has 16 heavy (non-hydrogen) atoms. The summed E-state index contributed by atoms with van der Waals surface area (Å²) in [6.07, 6.45) is 2.82. The molecule has 82 valence electrons. The molecule has 0 saturated carbocycles. The average Bonchev–Trinajstić information content (AvgIpc) is 2.31. The number of aromatic nitrogens is 3. The number of rotatable bonds is 2. The SMILES string of the molecule is CNc1nc(-c2ccc(C)nc2)ncc1F. The maximum absolute atomic E-state index is 13.1. The van der Waals surface area contributed by atoms with Gasteiger partial charge in [-0.1, -0.05) is 0 Å². The Balaban J connectivity index is 2.44. The summed E-state index contributed by atoms with van der Waals surface area (Å²) in [5, 5.41) is 2.67. The molecule has 0 aliphatic carbocycles. The maximum Gasteiger partial charge on any atom is 0.183 e. The number of pyridine rings is 1. The number of aryl methyl sites for hydroxylation is 1. The van der Waals surface area contributed by atoms with Crippen molar-refractivity contribution < 1.29 is 4.39 Å². The van der Waals surface area contributed by atoms with E-state index in [1.54, 1.807) is 13.2 Å². The van der Waals surface area contributed by atoms with Crippen LogP contribution in [0.3, 0.4) is 0 Å². The van der Waals surface area contributed by atoms with Crippen molar-refractivity contribution in [2.24, 2.45) is 0 Å². The Bertz CT molecular complexity index is 496. The molecule has 0 radical (unpaired) electrons. The first-order valence-electron chi connectivity index (χ1n) is 4.84. The van der Waals surface area contributed by atoms with E-state index in [0.717, 1.165) is 17.5 Å². The Labute approximate surface area is 92.6 Å². The van der Waals surface area contributed by atoms with Crippen LogP contribution < -0.4 is 5.32 Å². The van der Waals surface area contributed by atoms with Gasteiger partial charge < -0.3 is 5.32 Å². The molecule has 0 aliphatic heterocycles. The largest absolute Gasteiger partial charge is 0.371 e. The van der Waals surface area contributed by atoms with E-state index >= 15 is 0 Å². The molecule has 0 atom stereocenters. The molecule has 5 heteroatoms. The Morgan fingerprint density at radius 2 is 2.00 bits per heavy atom. The lowest BCUT2D eigenvalue weighted by molar-refractivity contribution is 0.619. The summed E-state index contributed by atoms with van der Waals surface area (Å²) in [6.45, 7) is 1.90. The first-order chi connectivity index (χ1) is 7.70. The fraction of sp³-hybridized carbons (Fsp3) is 0.182. The summed E-state index contributed by atoms with van der Waals surface area (Å²) >= 11 is 0. The lowest BCUT2D eigenvalue weighted by atomic mass is 10.2. The molecule has 2 rings (SSSR count). The number of hydrogen-bond donors (Lipinski definition) is 1. The Hall–Kier alpha value is -2.04. The summed E-state index contributed by atoms with van der Waals surface area (Å²) < 4.78 is 13.1. The van der Waals surface area contributed by atoms with Gasteiger partial charge in [0.1, 0.15) is 0 Å². The molecular weight excluding hydrogens is 207 g/mol. The molecule has 2 aromatic heterocycles. The molecule has 0 aliphatic rings. The van der Waals surface area contributed by atoms with Crippen LogP contribution >= 0.6 is 0 Å². The Kier molecular flexibility index (Phi) is 2.76. The standard InChI is InChI=1S/C11H11FN4/c1-7-3-4-8(5-14-7)10-15-6-9(12)11(13-2)16-10/h3-6H,1-2H3,(H,13,15,16). The first-order valence-corrected chi connectivity index (χ1v) is 4.84. The predicted octanol–water partition coefficient (Wildman–Crippen LogP) is 2.03. The van der Waals surface area contributed by atoms with Gasteiger partial charge in [-0.05, 0) is 19.1 Å². The summed E-state index contributed by atoms with van der Waals surface area (Å²) in [5.74, 6) is 0.176. The lowest BCUT2D eigenvalue weighted by Gasteiger charge is -2.04. The number of nitrogens with one attached hydrogen (secondary N) is 1. The highest BCUT2D eigenvalue weighted by Crippen LogP contribution is 2.17. The van der Waals surface area contributed by atoms with Crippen molar-refractivity contribution in [2.45, 2.75) is 6.92 Å². The second-order valence-electron chi connectivity index (χ2n) is 3.33. The van der Waals surface area contributed by atoms with Gasteiger partial charge in [-0.2, -0.15) is 0 Å². The molecule has 0 spiro atoms. The highest BCUT2D eigenvalue weighted by molar-refractivity contribution is 5.55. The fourth-order valence-corrected chi connectivity index (χ4v) is 1.28. The van der Waals surface area contributed by atoms with E-state index in [2.05, 4.69) is 20.3 Å². The molecule has 2 aromatic rings. The zero-order valence-corrected chi connectivity index (χ0v) is 9.03. The van der Waals surface area contributed by atoms with Crippen LogP contribution in [0.1, 0.15) is 5.69 Å². The molecular formula is C11H11FN4. The number of hydrogen-bond acceptors (Lipinski definition) is 4. The zero-order chi connectivity index (χ0) is 11.5. The highest BCUT2D eigenvalue weighted by atomic mass is 19.1. The van der Waals surface area contributed by atoms with Crippen LogP contribution in [0.5, 0.6) is 0 Å². The van der Waals surface area contributed by atoms with Crippen molar-refractivity contribution in [2.75, 3.05) is 12.4 Å². The summed E-state index contributed by atoms with van der Waals surface area (Å²) in [4.78, 5) is 12.1. The molecule has 0 aromatic carbocycles. The fourth-order valence-electron chi connectivity index (χ4n) is 1.28. The molecule has 0 bridgehead atoms. The minimum atomic E-state index is -0.466. The van der Waals surface area contributed by atoms with Crippen molar-refractivity contribution in [1.29, 1.82) is 0 Å². The van der Waals surface area contributed by atoms with E-state index < -0.39 is 5.82 Å². The smallest absolute Gasteiger partial charge is 0.183 e. The van der Waals surface area contributed by atoms with Gasteiger partial charge in [-0.25, -0.2) is 14.4 Å². The van der Waals surface area contributed by atoms with Crippen molar-refractivity contribution in [3.8, 4) is 11.4 Å². The number of halogens is 1. The lowest BCUT2D eigenvalue weighted by Crippen LogP contribution is -2.00. The van der Waals surface area contributed by atoms with Gasteiger partial charge in [-0.15, -0.1) is 0 Å². The molecule has 0 fully saturated rings. The quantitative estimate of drug-likeness (QED) is 0.837. The van der Waals surface area contributed by atoms with Gasteiger partial charge in [0.15, 0.2) is 17.5 Å². The van der Waals surface area contributed by atoms with Crippen LogP contribution in [0.15, 0.2) is 24.5 Å². The van der Waals surface area contributed by atoms with Gasteiger partial charge in [0.2, 0.25) is 0 Å². The molecule has 4 nitrogen and oxygen atoms in total. The minimum Gasteiger partial charge on any atom is -0.371 e. The molecule has 0 saturated heterocycles. The van der Waals surface area contributed by atoms with Gasteiger partial charge in [0.05, 0.1) is 6.20 Å². The zero-order valence-electron chi connectivity index (χ0n) is 9.03. The third kappa shape index (κ3) is 1.98. The number of anilines is 1. The van der Waals surface area contributed by atoms with E-state index in [9.17, 15) is 4.39 Å². The van der Waals surface area contributed by atoms with Gasteiger partial charge >= 0.3 is 0 Å². The van der Waals surface area contributed by atoms with Gasteiger partial charge in [-0.3, -0.25) is 4.98 Å².